The Labute approximate surface area is 137 Å². The highest BCUT2D eigenvalue weighted by Gasteiger charge is 2.31. The van der Waals surface area contributed by atoms with Gasteiger partial charge in [0, 0.05) is 12.6 Å². The summed E-state index contributed by atoms with van der Waals surface area (Å²) >= 11 is 0. The topological polar surface area (TPSA) is 53.8 Å². The SMILES string of the molecule is Cc1ccc(CCC(=O)C(C#N)c2ccc(C(F)(F)F)cn2)cc1. The minimum atomic E-state index is -4.50. The molecule has 2 rings (SSSR count). The number of aromatic nitrogens is 1. The highest BCUT2D eigenvalue weighted by atomic mass is 19.4. The molecule has 0 aliphatic rings. The van der Waals surface area contributed by atoms with Crippen LogP contribution in [0.25, 0.3) is 0 Å². The number of nitrogens with zero attached hydrogens (tertiary/aromatic N) is 2. The van der Waals surface area contributed by atoms with E-state index in [9.17, 15) is 23.2 Å². The zero-order valence-electron chi connectivity index (χ0n) is 13.0. The zero-order valence-corrected chi connectivity index (χ0v) is 13.0. The van der Waals surface area contributed by atoms with E-state index in [1.54, 1.807) is 0 Å². The lowest BCUT2D eigenvalue weighted by Gasteiger charge is -2.10. The van der Waals surface area contributed by atoms with E-state index in [-0.39, 0.29) is 17.9 Å². The third kappa shape index (κ3) is 4.42. The molecule has 1 atom stereocenters. The Morgan fingerprint density at radius 3 is 2.38 bits per heavy atom. The van der Waals surface area contributed by atoms with E-state index in [1.807, 2.05) is 37.3 Å². The molecule has 0 aliphatic heterocycles. The quantitative estimate of drug-likeness (QED) is 0.824. The predicted molar refractivity (Wildman–Crippen MR) is 82.1 cm³/mol. The Balaban J connectivity index is 2.06. The van der Waals surface area contributed by atoms with E-state index in [4.69, 9.17) is 0 Å². The fourth-order valence-corrected chi connectivity index (χ4v) is 2.21. The number of alkyl halides is 3. The molecule has 0 fully saturated rings. The van der Waals surface area contributed by atoms with Gasteiger partial charge in [0.2, 0.25) is 0 Å². The number of carbonyl (C=O) groups is 1. The first kappa shape index (κ1) is 17.7. The average Bonchev–Trinajstić information content (AvgIpc) is 2.55. The van der Waals surface area contributed by atoms with Crippen LogP contribution in [0.15, 0.2) is 42.6 Å². The van der Waals surface area contributed by atoms with Crippen LogP contribution in [0.3, 0.4) is 0 Å². The molecule has 1 heterocycles. The fourth-order valence-electron chi connectivity index (χ4n) is 2.21. The lowest BCUT2D eigenvalue weighted by Crippen LogP contribution is -2.14. The van der Waals surface area contributed by atoms with Crippen LogP contribution in [0.2, 0.25) is 0 Å². The van der Waals surface area contributed by atoms with Crippen molar-refractivity contribution in [3.05, 3.63) is 65.0 Å². The zero-order chi connectivity index (χ0) is 17.7. The molecule has 3 nitrogen and oxygen atoms in total. The first-order valence-electron chi connectivity index (χ1n) is 7.32. The first-order valence-corrected chi connectivity index (χ1v) is 7.32. The van der Waals surface area contributed by atoms with E-state index in [0.717, 1.165) is 23.3 Å². The third-order valence-corrected chi connectivity index (χ3v) is 3.64. The molecule has 1 aromatic heterocycles. The van der Waals surface area contributed by atoms with Crippen molar-refractivity contribution in [2.75, 3.05) is 0 Å². The van der Waals surface area contributed by atoms with E-state index in [1.165, 1.54) is 0 Å². The Bertz CT molecular complexity index is 744. The Hall–Kier alpha value is -2.68. The van der Waals surface area contributed by atoms with Crippen molar-refractivity contribution >= 4 is 5.78 Å². The highest BCUT2D eigenvalue weighted by Crippen LogP contribution is 2.29. The van der Waals surface area contributed by atoms with Crippen molar-refractivity contribution in [2.45, 2.75) is 31.9 Å². The largest absolute Gasteiger partial charge is 0.417 e. The van der Waals surface area contributed by atoms with Crippen LogP contribution in [0.1, 0.15) is 34.7 Å². The van der Waals surface area contributed by atoms with Crippen LogP contribution in [0, 0.1) is 18.3 Å². The van der Waals surface area contributed by atoms with Gasteiger partial charge in [-0.05, 0) is 31.0 Å². The predicted octanol–water partition coefficient (Wildman–Crippen LogP) is 4.22. The highest BCUT2D eigenvalue weighted by molar-refractivity contribution is 5.88. The number of hydrogen-bond donors (Lipinski definition) is 0. The number of hydrogen-bond acceptors (Lipinski definition) is 3. The van der Waals surface area contributed by atoms with E-state index in [0.29, 0.717) is 12.6 Å². The van der Waals surface area contributed by atoms with E-state index < -0.39 is 17.7 Å². The van der Waals surface area contributed by atoms with Gasteiger partial charge in [-0.1, -0.05) is 29.8 Å². The summed E-state index contributed by atoms with van der Waals surface area (Å²) in [7, 11) is 0. The standard InChI is InChI=1S/C18H15F3N2O/c1-12-2-4-13(5-3-12)6-9-17(24)15(10-22)16-8-7-14(11-23-16)18(19,20)21/h2-5,7-8,11,15H,6,9H2,1H3. The van der Waals surface area contributed by atoms with Gasteiger partial charge in [0.25, 0.3) is 0 Å². The number of pyridine rings is 1. The molecule has 0 radical (unpaired) electrons. The molecular formula is C18H15F3N2O. The van der Waals surface area contributed by atoms with Crippen molar-refractivity contribution < 1.29 is 18.0 Å². The van der Waals surface area contributed by atoms with Crippen LogP contribution >= 0.6 is 0 Å². The smallest absolute Gasteiger partial charge is 0.298 e. The van der Waals surface area contributed by atoms with Crippen molar-refractivity contribution in [3.8, 4) is 6.07 Å². The van der Waals surface area contributed by atoms with Gasteiger partial charge >= 0.3 is 6.18 Å². The first-order chi connectivity index (χ1) is 11.3. The number of benzene rings is 1. The average molecular weight is 332 g/mol. The lowest BCUT2D eigenvalue weighted by atomic mass is 9.95. The molecule has 0 bridgehead atoms. The van der Waals surface area contributed by atoms with Gasteiger partial charge in [-0.2, -0.15) is 18.4 Å². The summed E-state index contributed by atoms with van der Waals surface area (Å²) in [5, 5.41) is 9.18. The molecular weight excluding hydrogens is 317 g/mol. The summed E-state index contributed by atoms with van der Waals surface area (Å²) in [5.74, 6) is -1.51. The van der Waals surface area contributed by atoms with Crippen molar-refractivity contribution in [1.29, 1.82) is 5.26 Å². The Morgan fingerprint density at radius 1 is 1.21 bits per heavy atom. The van der Waals surface area contributed by atoms with Crippen molar-refractivity contribution in [2.24, 2.45) is 0 Å². The lowest BCUT2D eigenvalue weighted by molar-refractivity contribution is -0.137. The van der Waals surface area contributed by atoms with Gasteiger partial charge in [0.15, 0.2) is 5.78 Å². The maximum atomic E-state index is 12.5. The minimum Gasteiger partial charge on any atom is -0.298 e. The molecule has 2 aromatic rings. The number of nitriles is 1. The summed E-state index contributed by atoms with van der Waals surface area (Å²) < 4.78 is 37.6. The molecule has 0 aliphatic carbocycles. The molecule has 24 heavy (non-hydrogen) atoms. The van der Waals surface area contributed by atoms with Crippen LogP contribution in [0.4, 0.5) is 13.2 Å². The van der Waals surface area contributed by atoms with Gasteiger partial charge in [0.05, 0.1) is 17.3 Å². The van der Waals surface area contributed by atoms with Gasteiger partial charge in [-0.3, -0.25) is 9.78 Å². The Kier molecular flexibility index (Phi) is 5.35. The molecule has 0 saturated heterocycles. The molecule has 1 unspecified atom stereocenters. The monoisotopic (exact) mass is 332 g/mol. The van der Waals surface area contributed by atoms with Gasteiger partial charge < -0.3 is 0 Å². The summed E-state index contributed by atoms with van der Waals surface area (Å²) in [4.78, 5) is 15.9. The molecule has 0 saturated carbocycles. The maximum absolute atomic E-state index is 12.5. The molecule has 0 spiro atoms. The molecule has 1 aromatic carbocycles. The second-order valence-electron chi connectivity index (χ2n) is 5.48. The number of ketones is 1. The number of Topliss-reactive ketones (excluding diaryl/α,β-unsaturated/α-hetero) is 1. The number of halogens is 3. The van der Waals surface area contributed by atoms with E-state index >= 15 is 0 Å². The summed E-state index contributed by atoms with van der Waals surface area (Å²) in [6.07, 6.45) is -3.25. The second kappa shape index (κ2) is 7.26. The second-order valence-corrected chi connectivity index (χ2v) is 5.48. The van der Waals surface area contributed by atoms with E-state index in [2.05, 4.69) is 4.98 Å². The fraction of sp³-hybridized carbons (Fsp3) is 0.278. The van der Waals surface area contributed by atoms with Gasteiger partial charge in [-0.15, -0.1) is 0 Å². The van der Waals surface area contributed by atoms with Crippen LogP contribution in [0.5, 0.6) is 0 Å². The van der Waals surface area contributed by atoms with Crippen LogP contribution in [-0.2, 0) is 17.4 Å². The molecule has 0 amide bonds. The van der Waals surface area contributed by atoms with Crippen molar-refractivity contribution in [3.63, 3.8) is 0 Å². The third-order valence-electron chi connectivity index (χ3n) is 3.64. The van der Waals surface area contributed by atoms with Crippen LogP contribution in [-0.4, -0.2) is 10.8 Å². The van der Waals surface area contributed by atoms with Crippen LogP contribution < -0.4 is 0 Å². The molecule has 6 heteroatoms. The minimum absolute atomic E-state index is 0.0411. The van der Waals surface area contributed by atoms with Gasteiger partial charge in [0.1, 0.15) is 5.92 Å². The molecule has 124 valence electrons. The molecule has 0 N–H and O–H groups in total. The summed E-state index contributed by atoms with van der Waals surface area (Å²) in [6, 6.07) is 11.4. The summed E-state index contributed by atoms with van der Waals surface area (Å²) in [6.45, 7) is 1.96. The normalized spacial score (nSPS) is 12.5. The maximum Gasteiger partial charge on any atom is 0.417 e. The van der Waals surface area contributed by atoms with Crippen molar-refractivity contribution in [1.82, 2.24) is 4.98 Å². The summed E-state index contributed by atoms with van der Waals surface area (Å²) in [5.41, 5.74) is 1.20. The number of aryl methyl sites for hydroxylation is 2. The Morgan fingerprint density at radius 2 is 1.88 bits per heavy atom. The number of carbonyl (C=O) groups excluding carboxylic acids is 1. The number of rotatable bonds is 5. The van der Waals surface area contributed by atoms with Gasteiger partial charge in [-0.25, -0.2) is 0 Å².